The molecular formula is C15H13BrN2O3. The minimum absolute atomic E-state index is 0.0244. The van der Waals surface area contributed by atoms with Gasteiger partial charge >= 0.3 is 0 Å². The molecule has 0 amide bonds. The van der Waals surface area contributed by atoms with Crippen molar-refractivity contribution in [2.45, 2.75) is 13.8 Å². The highest BCUT2D eigenvalue weighted by Crippen LogP contribution is 2.31. The van der Waals surface area contributed by atoms with Crippen LogP contribution in [0.1, 0.15) is 16.7 Å². The number of aryl methyl sites for hydroxylation is 2. The molecule has 0 aliphatic carbocycles. The molecule has 2 aromatic rings. The van der Waals surface area contributed by atoms with Crippen molar-refractivity contribution in [3.05, 3.63) is 61.6 Å². The van der Waals surface area contributed by atoms with Crippen LogP contribution in [0.15, 0.2) is 39.8 Å². The van der Waals surface area contributed by atoms with Gasteiger partial charge in [0.05, 0.1) is 9.40 Å². The lowest BCUT2D eigenvalue weighted by molar-refractivity contribution is -0.385. The predicted octanol–water partition coefficient (Wildman–Crippen LogP) is 4.43. The first-order valence-electron chi connectivity index (χ1n) is 6.16. The third kappa shape index (κ3) is 3.46. The third-order valence-electron chi connectivity index (χ3n) is 2.94. The largest absolute Gasteiger partial charge is 0.505 e. The van der Waals surface area contributed by atoms with Crippen LogP contribution >= 0.6 is 15.9 Å². The number of halogens is 1. The summed E-state index contributed by atoms with van der Waals surface area (Å²) in [6.45, 7) is 3.71. The Morgan fingerprint density at radius 1 is 1.29 bits per heavy atom. The van der Waals surface area contributed by atoms with Crippen LogP contribution in [0.5, 0.6) is 5.75 Å². The molecule has 0 aliphatic heterocycles. The van der Waals surface area contributed by atoms with E-state index >= 15 is 0 Å². The average molecular weight is 349 g/mol. The van der Waals surface area contributed by atoms with Gasteiger partial charge in [0.15, 0.2) is 0 Å². The maximum atomic E-state index is 10.9. The van der Waals surface area contributed by atoms with Crippen LogP contribution in [0.4, 0.5) is 11.4 Å². The maximum absolute atomic E-state index is 10.9. The highest BCUT2D eigenvalue weighted by Gasteiger charge is 2.11. The molecule has 0 atom stereocenters. The van der Waals surface area contributed by atoms with E-state index in [-0.39, 0.29) is 11.4 Å². The van der Waals surface area contributed by atoms with E-state index in [1.165, 1.54) is 12.3 Å². The lowest BCUT2D eigenvalue weighted by atomic mass is 10.1. The number of nitrogens with zero attached hydrogens (tertiary/aromatic N) is 2. The number of hydrogen-bond acceptors (Lipinski definition) is 4. The van der Waals surface area contributed by atoms with E-state index in [1.54, 1.807) is 25.1 Å². The van der Waals surface area contributed by atoms with Crippen LogP contribution in [0.2, 0.25) is 0 Å². The van der Waals surface area contributed by atoms with Gasteiger partial charge in [-0.1, -0.05) is 12.1 Å². The summed E-state index contributed by atoms with van der Waals surface area (Å²) in [5, 5.41) is 20.8. The van der Waals surface area contributed by atoms with Crippen molar-refractivity contribution in [3.63, 3.8) is 0 Å². The van der Waals surface area contributed by atoms with E-state index in [9.17, 15) is 15.2 Å². The average Bonchev–Trinajstić information content (AvgIpc) is 2.42. The van der Waals surface area contributed by atoms with Crippen LogP contribution in [0, 0.1) is 24.0 Å². The molecule has 0 aromatic heterocycles. The van der Waals surface area contributed by atoms with Crippen molar-refractivity contribution in [2.75, 3.05) is 0 Å². The number of nitro groups is 1. The highest BCUT2D eigenvalue weighted by atomic mass is 79.9. The fourth-order valence-electron chi connectivity index (χ4n) is 1.93. The number of benzene rings is 2. The van der Waals surface area contributed by atoms with Gasteiger partial charge in [-0.2, -0.15) is 0 Å². The fourth-order valence-corrected chi connectivity index (χ4v) is 2.32. The number of hydrogen-bond donors (Lipinski definition) is 1. The van der Waals surface area contributed by atoms with Gasteiger partial charge in [-0.25, -0.2) is 0 Å². The summed E-state index contributed by atoms with van der Waals surface area (Å²) < 4.78 is 0.416. The van der Waals surface area contributed by atoms with E-state index in [1.807, 2.05) is 13.0 Å². The summed E-state index contributed by atoms with van der Waals surface area (Å²) in [4.78, 5) is 14.6. The van der Waals surface area contributed by atoms with Crippen molar-refractivity contribution < 1.29 is 10.0 Å². The molecule has 21 heavy (non-hydrogen) atoms. The van der Waals surface area contributed by atoms with Crippen molar-refractivity contribution in [3.8, 4) is 5.75 Å². The first-order chi connectivity index (χ1) is 9.88. The standard InChI is InChI=1S/C15H13BrN2O3/c1-9-5-10(2)15(19)13(6-9)17-8-11-3-4-12(16)14(7-11)18(20)21/h3-8,19H,1-2H3. The topological polar surface area (TPSA) is 75.7 Å². The second kappa shape index (κ2) is 6.05. The van der Waals surface area contributed by atoms with E-state index in [0.29, 0.717) is 15.7 Å². The zero-order chi connectivity index (χ0) is 15.6. The summed E-state index contributed by atoms with van der Waals surface area (Å²) in [6, 6.07) is 8.35. The summed E-state index contributed by atoms with van der Waals surface area (Å²) in [6.07, 6.45) is 1.49. The van der Waals surface area contributed by atoms with Gasteiger partial charge in [-0.15, -0.1) is 0 Å². The molecular weight excluding hydrogens is 336 g/mol. The van der Waals surface area contributed by atoms with Crippen molar-refractivity contribution in [1.29, 1.82) is 0 Å². The first-order valence-corrected chi connectivity index (χ1v) is 6.96. The summed E-state index contributed by atoms with van der Waals surface area (Å²) in [7, 11) is 0. The fraction of sp³-hybridized carbons (Fsp3) is 0.133. The molecule has 0 unspecified atom stereocenters. The van der Waals surface area contributed by atoms with Gasteiger partial charge in [0.1, 0.15) is 11.4 Å². The lowest BCUT2D eigenvalue weighted by Gasteiger charge is -2.04. The molecule has 1 N–H and O–H groups in total. The summed E-state index contributed by atoms with van der Waals surface area (Å²) in [5.41, 5.74) is 2.73. The zero-order valence-electron chi connectivity index (χ0n) is 11.5. The van der Waals surface area contributed by atoms with E-state index in [2.05, 4.69) is 20.9 Å². The SMILES string of the molecule is Cc1cc(C)c(O)c(N=Cc2ccc(Br)c([N+](=O)[O-])c2)c1. The second-order valence-corrected chi connectivity index (χ2v) is 5.53. The van der Waals surface area contributed by atoms with Crippen molar-refractivity contribution in [2.24, 2.45) is 4.99 Å². The van der Waals surface area contributed by atoms with E-state index < -0.39 is 4.92 Å². The normalized spacial score (nSPS) is 11.0. The Morgan fingerprint density at radius 3 is 2.67 bits per heavy atom. The maximum Gasteiger partial charge on any atom is 0.284 e. The van der Waals surface area contributed by atoms with Crippen LogP contribution in [0.3, 0.4) is 0 Å². The number of aromatic hydroxyl groups is 1. The van der Waals surface area contributed by atoms with E-state index in [0.717, 1.165) is 11.1 Å². The number of phenolic OH excluding ortho intramolecular Hbond substituents is 1. The Kier molecular flexibility index (Phi) is 4.37. The quantitative estimate of drug-likeness (QED) is 0.506. The molecule has 6 heteroatoms. The number of phenols is 1. The Hall–Kier alpha value is -2.21. The molecule has 0 saturated heterocycles. The Labute approximate surface area is 130 Å². The number of rotatable bonds is 3. The summed E-state index contributed by atoms with van der Waals surface area (Å²) >= 11 is 3.13. The van der Waals surface area contributed by atoms with Crippen LogP contribution in [-0.4, -0.2) is 16.2 Å². The third-order valence-corrected chi connectivity index (χ3v) is 3.61. The molecule has 0 saturated carbocycles. The number of nitro benzene ring substituents is 1. The lowest BCUT2D eigenvalue weighted by Crippen LogP contribution is -1.91. The van der Waals surface area contributed by atoms with Gasteiger partial charge in [0.2, 0.25) is 0 Å². The summed E-state index contributed by atoms with van der Waals surface area (Å²) in [5.74, 6) is 0.114. The van der Waals surface area contributed by atoms with Gasteiger partial charge in [0.25, 0.3) is 5.69 Å². The zero-order valence-corrected chi connectivity index (χ0v) is 13.1. The van der Waals surface area contributed by atoms with Crippen molar-refractivity contribution in [1.82, 2.24) is 0 Å². The van der Waals surface area contributed by atoms with Crippen LogP contribution in [0.25, 0.3) is 0 Å². The monoisotopic (exact) mass is 348 g/mol. The molecule has 0 aliphatic rings. The molecule has 0 spiro atoms. The molecule has 2 rings (SSSR count). The minimum Gasteiger partial charge on any atom is -0.505 e. The number of aliphatic imine (C=N–C) groups is 1. The van der Waals surface area contributed by atoms with Crippen LogP contribution < -0.4 is 0 Å². The Balaban J connectivity index is 2.38. The van der Waals surface area contributed by atoms with Crippen LogP contribution in [-0.2, 0) is 0 Å². The van der Waals surface area contributed by atoms with Gasteiger partial charge in [-0.3, -0.25) is 15.1 Å². The Bertz CT molecular complexity index is 742. The first kappa shape index (κ1) is 15.2. The molecule has 0 radical (unpaired) electrons. The molecule has 0 bridgehead atoms. The smallest absolute Gasteiger partial charge is 0.284 e. The molecule has 2 aromatic carbocycles. The van der Waals surface area contributed by atoms with Gasteiger partial charge in [-0.05, 0) is 58.6 Å². The minimum atomic E-state index is -0.463. The molecule has 5 nitrogen and oxygen atoms in total. The highest BCUT2D eigenvalue weighted by molar-refractivity contribution is 9.10. The predicted molar refractivity (Wildman–Crippen MR) is 85.6 cm³/mol. The van der Waals surface area contributed by atoms with Gasteiger partial charge in [0, 0.05) is 12.3 Å². The molecule has 0 fully saturated rings. The molecule has 0 heterocycles. The second-order valence-electron chi connectivity index (χ2n) is 4.68. The molecule has 108 valence electrons. The van der Waals surface area contributed by atoms with Gasteiger partial charge < -0.3 is 5.11 Å². The van der Waals surface area contributed by atoms with Crippen molar-refractivity contribution >= 4 is 33.5 Å². The van der Waals surface area contributed by atoms with E-state index in [4.69, 9.17) is 0 Å². The Morgan fingerprint density at radius 2 is 2.00 bits per heavy atom.